The largest absolute Gasteiger partial charge is 0.493 e. The summed E-state index contributed by atoms with van der Waals surface area (Å²) in [5, 5.41) is 3.64. The van der Waals surface area contributed by atoms with Crippen LogP contribution < -0.4 is 14.8 Å². The van der Waals surface area contributed by atoms with E-state index in [4.69, 9.17) is 32.7 Å². The lowest BCUT2D eigenvalue weighted by atomic mass is 10.1. The highest BCUT2D eigenvalue weighted by atomic mass is 35.5. The third kappa shape index (κ3) is 6.25. The van der Waals surface area contributed by atoms with E-state index in [0.717, 1.165) is 23.2 Å². The molecule has 0 aliphatic heterocycles. The van der Waals surface area contributed by atoms with Gasteiger partial charge in [0.1, 0.15) is 0 Å². The average molecular weight is 471 g/mol. The lowest BCUT2D eigenvalue weighted by Gasteiger charge is -2.13. The molecule has 0 aromatic heterocycles. The van der Waals surface area contributed by atoms with Crippen molar-refractivity contribution in [1.82, 2.24) is 0 Å². The van der Waals surface area contributed by atoms with Gasteiger partial charge in [-0.1, -0.05) is 48.3 Å². The van der Waals surface area contributed by atoms with Crippen LogP contribution in [0.25, 0.3) is 0 Å². The van der Waals surface area contributed by atoms with Gasteiger partial charge in [0.25, 0.3) is 5.91 Å². The van der Waals surface area contributed by atoms with Crippen molar-refractivity contribution in [3.05, 3.63) is 81.3 Å². The van der Waals surface area contributed by atoms with Crippen LogP contribution in [-0.2, 0) is 11.2 Å². The number of aliphatic imine (C=N–C) groups is 1. The fraction of sp³-hybridized carbons (Fsp3) is 0.200. The van der Waals surface area contributed by atoms with E-state index >= 15 is 0 Å². The number of amides is 1. The van der Waals surface area contributed by atoms with E-state index < -0.39 is 0 Å². The molecule has 1 N–H and O–H groups in total. The van der Waals surface area contributed by atoms with Crippen LogP contribution in [0.2, 0.25) is 10.0 Å². The zero-order valence-corrected chi connectivity index (χ0v) is 19.6. The number of halogens is 2. The number of aryl methyl sites for hydroxylation is 2. The van der Waals surface area contributed by atoms with E-state index in [-0.39, 0.29) is 18.3 Å². The van der Waals surface area contributed by atoms with Gasteiger partial charge in [-0.25, -0.2) is 0 Å². The Kier molecular flexibility index (Phi) is 8.14. The SMILES string of the molecule is CCc1ccc(N=Cc2cc(Cl)c(OCC(=O)Nc3ccc(C)c(Cl)c3)c(OC)c2)cc1. The molecule has 0 unspecified atom stereocenters. The van der Waals surface area contributed by atoms with Crippen LogP contribution in [0.15, 0.2) is 59.6 Å². The van der Waals surface area contributed by atoms with Gasteiger partial charge < -0.3 is 14.8 Å². The molecule has 3 aromatic rings. The Bertz CT molecular complexity index is 1130. The summed E-state index contributed by atoms with van der Waals surface area (Å²) >= 11 is 12.5. The molecule has 0 fully saturated rings. The number of methoxy groups -OCH3 is 1. The maximum absolute atomic E-state index is 12.3. The normalized spacial score (nSPS) is 10.9. The molecule has 0 bridgehead atoms. The maximum Gasteiger partial charge on any atom is 0.262 e. The fourth-order valence-electron chi connectivity index (χ4n) is 2.93. The molecule has 0 radical (unpaired) electrons. The molecule has 0 aliphatic rings. The highest BCUT2D eigenvalue weighted by Crippen LogP contribution is 2.36. The number of carbonyl (C=O) groups excluding carboxylic acids is 1. The number of ether oxygens (including phenoxy) is 2. The molecule has 0 heterocycles. The van der Waals surface area contributed by atoms with Crippen LogP contribution in [0.3, 0.4) is 0 Å². The minimum absolute atomic E-state index is 0.237. The van der Waals surface area contributed by atoms with Crippen molar-refractivity contribution in [1.29, 1.82) is 0 Å². The van der Waals surface area contributed by atoms with Crippen molar-refractivity contribution in [3.63, 3.8) is 0 Å². The lowest BCUT2D eigenvalue weighted by molar-refractivity contribution is -0.118. The standard InChI is InChI=1S/C25H24Cl2N2O3/c1-4-17-6-9-19(10-7-17)28-14-18-11-22(27)25(23(12-18)31-3)32-15-24(30)29-20-8-5-16(2)21(26)13-20/h5-14H,4,15H2,1-3H3,(H,29,30). The molecular weight excluding hydrogens is 447 g/mol. The second-order valence-electron chi connectivity index (χ2n) is 7.11. The first-order chi connectivity index (χ1) is 15.4. The highest BCUT2D eigenvalue weighted by Gasteiger charge is 2.14. The van der Waals surface area contributed by atoms with E-state index in [1.165, 1.54) is 12.7 Å². The van der Waals surface area contributed by atoms with Crippen molar-refractivity contribution in [2.24, 2.45) is 4.99 Å². The number of nitrogens with one attached hydrogen (secondary N) is 1. The first kappa shape index (κ1) is 23.6. The number of anilines is 1. The Balaban J connectivity index is 1.68. The van der Waals surface area contributed by atoms with Gasteiger partial charge in [-0.3, -0.25) is 9.79 Å². The van der Waals surface area contributed by atoms with Gasteiger partial charge in [-0.2, -0.15) is 0 Å². The molecule has 3 aromatic carbocycles. The smallest absolute Gasteiger partial charge is 0.262 e. The molecule has 32 heavy (non-hydrogen) atoms. The number of hydrogen-bond donors (Lipinski definition) is 1. The summed E-state index contributed by atoms with van der Waals surface area (Å²) in [6.45, 7) is 3.76. The highest BCUT2D eigenvalue weighted by molar-refractivity contribution is 6.32. The summed E-state index contributed by atoms with van der Waals surface area (Å²) in [5.41, 5.74) is 4.36. The number of hydrogen-bond acceptors (Lipinski definition) is 4. The third-order valence-corrected chi connectivity index (χ3v) is 5.45. The number of benzene rings is 3. The number of nitrogens with zero attached hydrogens (tertiary/aromatic N) is 1. The van der Waals surface area contributed by atoms with Crippen LogP contribution >= 0.6 is 23.2 Å². The van der Waals surface area contributed by atoms with Crippen molar-refractivity contribution < 1.29 is 14.3 Å². The van der Waals surface area contributed by atoms with Gasteiger partial charge in [0, 0.05) is 16.9 Å². The van der Waals surface area contributed by atoms with Crippen molar-refractivity contribution in [2.45, 2.75) is 20.3 Å². The van der Waals surface area contributed by atoms with Crippen molar-refractivity contribution in [2.75, 3.05) is 19.0 Å². The van der Waals surface area contributed by atoms with Crippen molar-refractivity contribution >= 4 is 46.7 Å². The van der Waals surface area contributed by atoms with Gasteiger partial charge in [0.15, 0.2) is 18.1 Å². The zero-order valence-electron chi connectivity index (χ0n) is 18.1. The Morgan fingerprint density at radius 2 is 1.81 bits per heavy atom. The summed E-state index contributed by atoms with van der Waals surface area (Å²) < 4.78 is 11.1. The Hall–Kier alpha value is -3.02. The molecule has 7 heteroatoms. The second kappa shape index (κ2) is 11.0. The van der Waals surface area contributed by atoms with Crippen LogP contribution in [0.1, 0.15) is 23.6 Å². The maximum atomic E-state index is 12.3. The number of carbonyl (C=O) groups is 1. The second-order valence-corrected chi connectivity index (χ2v) is 7.93. The van der Waals surface area contributed by atoms with Gasteiger partial charge >= 0.3 is 0 Å². The first-order valence-electron chi connectivity index (χ1n) is 10.1. The molecule has 0 saturated heterocycles. The van der Waals surface area contributed by atoms with Gasteiger partial charge in [-0.15, -0.1) is 0 Å². The summed E-state index contributed by atoms with van der Waals surface area (Å²) in [6, 6.07) is 16.8. The summed E-state index contributed by atoms with van der Waals surface area (Å²) in [5.74, 6) is 0.353. The van der Waals surface area contributed by atoms with Gasteiger partial charge in [-0.05, 0) is 66.4 Å². The van der Waals surface area contributed by atoms with E-state index in [9.17, 15) is 4.79 Å². The summed E-state index contributed by atoms with van der Waals surface area (Å²) in [4.78, 5) is 16.8. The van der Waals surface area contributed by atoms with Crippen LogP contribution in [-0.4, -0.2) is 25.8 Å². The number of rotatable bonds is 8. The average Bonchev–Trinajstić information content (AvgIpc) is 2.79. The van der Waals surface area contributed by atoms with Crippen LogP contribution in [0, 0.1) is 6.92 Å². The predicted molar refractivity (Wildman–Crippen MR) is 131 cm³/mol. The summed E-state index contributed by atoms with van der Waals surface area (Å²) in [7, 11) is 1.51. The Morgan fingerprint density at radius 1 is 1.06 bits per heavy atom. The molecule has 0 saturated carbocycles. The third-order valence-electron chi connectivity index (χ3n) is 4.76. The molecule has 0 aliphatic carbocycles. The molecule has 5 nitrogen and oxygen atoms in total. The molecular formula is C25H24Cl2N2O3. The fourth-order valence-corrected chi connectivity index (χ4v) is 3.38. The minimum atomic E-state index is -0.343. The lowest BCUT2D eigenvalue weighted by Crippen LogP contribution is -2.20. The monoisotopic (exact) mass is 470 g/mol. The topological polar surface area (TPSA) is 59.9 Å². The van der Waals surface area contributed by atoms with Gasteiger partial charge in [0.05, 0.1) is 17.8 Å². The molecule has 1 amide bonds. The van der Waals surface area contributed by atoms with Crippen LogP contribution in [0.4, 0.5) is 11.4 Å². The van der Waals surface area contributed by atoms with E-state index in [1.54, 1.807) is 30.5 Å². The van der Waals surface area contributed by atoms with Crippen LogP contribution in [0.5, 0.6) is 11.5 Å². The quantitative estimate of drug-likeness (QED) is 0.375. The van der Waals surface area contributed by atoms with Crippen molar-refractivity contribution in [3.8, 4) is 11.5 Å². The molecule has 0 spiro atoms. The van der Waals surface area contributed by atoms with E-state index in [1.807, 2.05) is 37.3 Å². The summed E-state index contributed by atoms with van der Waals surface area (Å²) in [6.07, 6.45) is 2.68. The minimum Gasteiger partial charge on any atom is -0.493 e. The predicted octanol–water partition coefficient (Wildman–Crippen LogP) is 6.64. The van der Waals surface area contributed by atoms with E-state index in [2.05, 4.69) is 17.2 Å². The molecule has 166 valence electrons. The Labute approximate surface area is 198 Å². The first-order valence-corrected chi connectivity index (χ1v) is 10.8. The van der Waals surface area contributed by atoms with E-state index in [0.29, 0.717) is 21.5 Å². The zero-order chi connectivity index (χ0) is 23.1. The Morgan fingerprint density at radius 3 is 2.47 bits per heavy atom. The van der Waals surface area contributed by atoms with Gasteiger partial charge in [0.2, 0.25) is 0 Å². The molecule has 0 atom stereocenters. The molecule has 3 rings (SSSR count).